The summed E-state index contributed by atoms with van der Waals surface area (Å²) >= 11 is 6.01. The van der Waals surface area contributed by atoms with Gasteiger partial charge in [-0.3, -0.25) is 4.79 Å². The Labute approximate surface area is 124 Å². The number of hydrogen-bond donors (Lipinski definition) is 1. The van der Waals surface area contributed by atoms with Crippen molar-refractivity contribution < 1.29 is 9.53 Å². The monoisotopic (exact) mass is 296 g/mol. The van der Waals surface area contributed by atoms with Gasteiger partial charge in [0.15, 0.2) is 0 Å². The van der Waals surface area contributed by atoms with E-state index in [1.165, 1.54) is 0 Å². The van der Waals surface area contributed by atoms with Crippen molar-refractivity contribution in [1.29, 1.82) is 0 Å². The molecule has 110 valence electrons. The third-order valence-corrected chi connectivity index (χ3v) is 3.51. The number of amides is 1. The maximum absolute atomic E-state index is 12.6. The molecule has 2 rings (SSSR count). The van der Waals surface area contributed by atoms with Crippen LogP contribution in [-0.2, 0) is 0 Å². The summed E-state index contributed by atoms with van der Waals surface area (Å²) in [6, 6.07) is 5.21. The Balaban J connectivity index is 2.25. The Bertz CT molecular complexity index is 491. The second-order valence-corrected chi connectivity index (χ2v) is 5.90. The molecule has 1 unspecified atom stereocenters. The minimum atomic E-state index is -0.0571. The molecule has 1 heterocycles. The number of ether oxygens (including phenoxy) is 1. The van der Waals surface area contributed by atoms with E-state index in [0.29, 0.717) is 22.9 Å². The highest BCUT2D eigenvalue weighted by Gasteiger charge is 2.25. The quantitative estimate of drug-likeness (QED) is 0.933. The summed E-state index contributed by atoms with van der Waals surface area (Å²) in [5.41, 5.74) is 6.45. The Morgan fingerprint density at radius 1 is 1.50 bits per heavy atom. The van der Waals surface area contributed by atoms with Crippen LogP contribution in [0.25, 0.3) is 0 Å². The molecule has 1 aromatic carbocycles. The van der Waals surface area contributed by atoms with Gasteiger partial charge in [0, 0.05) is 24.2 Å². The van der Waals surface area contributed by atoms with E-state index in [1.54, 1.807) is 23.1 Å². The molecule has 1 saturated heterocycles. The van der Waals surface area contributed by atoms with Crippen molar-refractivity contribution in [2.75, 3.05) is 13.1 Å². The number of piperidine rings is 1. The molecular weight excluding hydrogens is 276 g/mol. The van der Waals surface area contributed by atoms with E-state index in [-0.39, 0.29) is 18.1 Å². The third-order valence-electron chi connectivity index (χ3n) is 3.28. The number of nitrogens with zero attached hydrogens (tertiary/aromatic N) is 1. The molecule has 1 fully saturated rings. The molecule has 0 bridgehead atoms. The maximum Gasteiger partial charge on any atom is 0.257 e. The Hall–Kier alpha value is -1.26. The maximum atomic E-state index is 12.6. The molecule has 0 aliphatic carbocycles. The van der Waals surface area contributed by atoms with Gasteiger partial charge in [-0.2, -0.15) is 0 Å². The van der Waals surface area contributed by atoms with E-state index in [2.05, 4.69) is 0 Å². The van der Waals surface area contributed by atoms with Crippen LogP contribution in [0.5, 0.6) is 5.75 Å². The number of halogens is 1. The van der Waals surface area contributed by atoms with Crippen LogP contribution in [0.1, 0.15) is 37.0 Å². The fourth-order valence-corrected chi connectivity index (χ4v) is 2.56. The lowest BCUT2D eigenvalue weighted by atomic mass is 10.0. The largest absolute Gasteiger partial charge is 0.490 e. The molecule has 0 saturated carbocycles. The van der Waals surface area contributed by atoms with Gasteiger partial charge in [0.25, 0.3) is 5.91 Å². The molecule has 4 nitrogen and oxygen atoms in total. The van der Waals surface area contributed by atoms with Crippen LogP contribution in [0.15, 0.2) is 18.2 Å². The first kappa shape index (κ1) is 15.1. The molecule has 2 N–H and O–H groups in total. The summed E-state index contributed by atoms with van der Waals surface area (Å²) in [4.78, 5) is 14.4. The third kappa shape index (κ3) is 3.64. The second-order valence-electron chi connectivity index (χ2n) is 5.46. The average molecular weight is 297 g/mol. The molecule has 0 radical (unpaired) electrons. The normalized spacial score (nSPS) is 19.2. The molecule has 1 atom stereocenters. The number of rotatable bonds is 3. The van der Waals surface area contributed by atoms with Crippen LogP contribution in [0.4, 0.5) is 0 Å². The van der Waals surface area contributed by atoms with Crippen molar-refractivity contribution in [3.05, 3.63) is 28.8 Å². The van der Waals surface area contributed by atoms with Gasteiger partial charge in [-0.25, -0.2) is 0 Å². The number of nitrogens with two attached hydrogens (primary N) is 1. The molecule has 0 spiro atoms. The molecular formula is C15H21ClN2O2. The summed E-state index contributed by atoms with van der Waals surface area (Å²) in [5.74, 6) is 0.520. The minimum absolute atomic E-state index is 0.00587. The zero-order chi connectivity index (χ0) is 14.7. The van der Waals surface area contributed by atoms with Crippen molar-refractivity contribution in [3.63, 3.8) is 0 Å². The first-order valence-electron chi connectivity index (χ1n) is 6.98. The fourth-order valence-electron chi connectivity index (χ4n) is 2.39. The van der Waals surface area contributed by atoms with Gasteiger partial charge in [0.1, 0.15) is 5.75 Å². The highest BCUT2D eigenvalue weighted by molar-refractivity contribution is 6.31. The summed E-state index contributed by atoms with van der Waals surface area (Å²) in [5, 5.41) is 0.533. The van der Waals surface area contributed by atoms with Crippen LogP contribution >= 0.6 is 11.6 Å². The summed E-state index contributed by atoms with van der Waals surface area (Å²) in [7, 11) is 0. The van der Waals surface area contributed by atoms with Gasteiger partial charge in [-0.05, 0) is 44.9 Å². The van der Waals surface area contributed by atoms with Crippen LogP contribution in [-0.4, -0.2) is 36.0 Å². The molecule has 20 heavy (non-hydrogen) atoms. The fraction of sp³-hybridized carbons (Fsp3) is 0.533. The first-order chi connectivity index (χ1) is 9.47. The van der Waals surface area contributed by atoms with Gasteiger partial charge in [-0.1, -0.05) is 11.6 Å². The number of carbonyl (C=O) groups is 1. The van der Waals surface area contributed by atoms with Crippen molar-refractivity contribution in [1.82, 2.24) is 4.90 Å². The van der Waals surface area contributed by atoms with Gasteiger partial charge < -0.3 is 15.4 Å². The zero-order valence-corrected chi connectivity index (χ0v) is 12.7. The van der Waals surface area contributed by atoms with Crippen molar-refractivity contribution in [2.45, 2.75) is 38.8 Å². The lowest BCUT2D eigenvalue weighted by Gasteiger charge is -2.31. The predicted molar refractivity (Wildman–Crippen MR) is 80.3 cm³/mol. The average Bonchev–Trinajstić information content (AvgIpc) is 2.39. The lowest BCUT2D eigenvalue weighted by Crippen LogP contribution is -2.45. The molecule has 1 aliphatic heterocycles. The first-order valence-corrected chi connectivity index (χ1v) is 7.36. The number of hydrogen-bond acceptors (Lipinski definition) is 3. The van der Waals surface area contributed by atoms with Crippen LogP contribution in [0.2, 0.25) is 5.02 Å². The number of likely N-dealkylation sites (tertiary alicyclic amines) is 1. The second kappa shape index (κ2) is 6.46. The molecule has 0 aromatic heterocycles. The van der Waals surface area contributed by atoms with Gasteiger partial charge in [-0.15, -0.1) is 0 Å². The van der Waals surface area contributed by atoms with E-state index < -0.39 is 0 Å². The zero-order valence-electron chi connectivity index (χ0n) is 11.9. The standard InChI is InChI=1S/C15H21ClN2O2/c1-10(2)20-14-6-5-11(16)8-13(14)15(19)18-7-3-4-12(17)9-18/h5-6,8,10,12H,3-4,7,9,17H2,1-2H3. The Kier molecular flexibility index (Phi) is 4.89. The van der Waals surface area contributed by atoms with Crippen molar-refractivity contribution in [3.8, 4) is 5.75 Å². The number of carbonyl (C=O) groups excluding carboxylic acids is 1. The topological polar surface area (TPSA) is 55.6 Å². The predicted octanol–water partition coefficient (Wildman–Crippen LogP) is 2.69. The number of benzene rings is 1. The lowest BCUT2D eigenvalue weighted by molar-refractivity contribution is 0.0702. The van der Waals surface area contributed by atoms with E-state index in [0.717, 1.165) is 19.4 Å². The van der Waals surface area contributed by atoms with E-state index in [1.807, 2.05) is 13.8 Å². The van der Waals surface area contributed by atoms with Crippen LogP contribution < -0.4 is 10.5 Å². The SMILES string of the molecule is CC(C)Oc1ccc(Cl)cc1C(=O)N1CCCC(N)C1. The van der Waals surface area contributed by atoms with E-state index in [9.17, 15) is 4.79 Å². The van der Waals surface area contributed by atoms with Crippen LogP contribution in [0, 0.1) is 0 Å². The van der Waals surface area contributed by atoms with E-state index in [4.69, 9.17) is 22.1 Å². The van der Waals surface area contributed by atoms with E-state index >= 15 is 0 Å². The highest BCUT2D eigenvalue weighted by Crippen LogP contribution is 2.26. The Morgan fingerprint density at radius 3 is 2.90 bits per heavy atom. The summed E-state index contributed by atoms with van der Waals surface area (Å²) < 4.78 is 5.70. The molecule has 1 aliphatic rings. The summed E-state index contributed by atoms with van der Waals surface area (Å²) in [6.07, 6.45) is 1.91. The van der Waals surface area contributed by atoms with Crippen molar-refractivity contribution in [2.24, 2.45) is 5.73 Å². The van der Waals surface area contributed by atoms with Gasteiger partial charge >= 0.3 is 0 Å². The molecule has 5 heteroatoms. The van der Waals surface area contributed by atoms with Crippen molar-refractivity contribution >= 4 is 17.5 Å². The highest BCUT2D eigenvalue weighted by atomic mass is 35.5. The van der Waals surface area contributed by atoms with Gasteiger partial charge in [0.05, 0.1) is 11.7 Å². The van der Waals surface area contributed by atoms with Gasteiger partial charge in [0.2, 0.25) is 0 Å². The molecule has 1 amide bonds. The smallest absolute Gasteiger partial charge is 0.257 e. The Morgan fingerprint density at radius 2 is 2.25 bits per heavy atom. The minimum Gasteiger partial charge on any atom is -0.490 e. The summed E-state index contributed by atoms with van der Waals surface area (Å²) in [6.45, 7) is 5.19. The molecule has 1 aromatic rings. The van der Waals surface area contributed by atoms with Crippen LogP contribution in [0.3, 0.4) is 0 Å².